The van der Waals surface area contributed by atoms with E-state index >= 15 is 0 Å². The summed E-state index contributed by atoms with van der Waals surface area (Å²) in [4.78, 5) is 14.1. The highest BCUT2D eigenvalue weighted by atomic mass is 35.5. The van der Waals surface area contributed by atoms with Crippen molar-refractivity contribution in [3.63, 3.8) is 0 Å². The molecule has 2 aliphatic rings. The zero-order valence-electron chi connectivity index (χ0n) is 13.9. The van der Waals surface area contributed by atoms with Gasteiger partial charge in [-0.1, -0.05) is 6.07 Å². The molecule has 136 valence electrons. The minimum Gasteiger partial charge on any atom is -0.507 e. The molecule has 0 saturated carbocycles. The number of esters is 1. The molecule has 0 amide bonds. The monoisotopic (exact) mass is 376 g/mol. The van der Waals surface area contributed by atoms with Crippen molar-refractivity contribution >= 4 is 30.8 Å². The fourth-order valence-corrected chi connectivity index (χ4v) is 3.80. The largest absolute Gasteiger partial charge is 0.507 e. The van der Waals surface area contributed by atoms with E-state index in [1.807, 2.05) is 6.07 Å². The minimum atomic E-state index is -0.491. The molecule has 2 aliphatic heterocycles. The molecule has 1 spiro atoms. The zero-order chi connectivity index (χ0) is 15.6. The van der Waals surface area contributed by atoms with E-state index < -0.39 is 5.97 Å². The van der Waals surface area contributed by atoms with E-state index in [9.17, 15) is 9.90 Å². The Balaban J connectivity index is 0.00000144. The zero-order valence-corrected chi connectivity index (χ0v) is 15.5. The lowest BCUT2D eigenvalue weighted by molar-refractivity contribution is 0.0596. The van der Waals surface area contributed by atoms with Crippen molar-refractivity contribution in [3.8, 4) is 5.75 Å². The van der Waals surface area contributed by atoms with Gasteiger partial charge in [0.15, 0.2) is 0 Å². The third-order valence-electron chi connectivity index (χ3n) is 4.95. The average molecular weight is 377 g/mol. The fraction of sp³-hybridized carbons (Fsp3) is 0.588. The number of carbonyl (C=O) groups is 1. The first-order chi connectivity index (χ1) is 10.6. The molecule has 1 unspecified atom stereocenters. The van der Waals surface area contributed by atoms with Crippen molar-refractivity contribution in [1.29, 1.82) is 0 Å². The molecule has 24 heavy (non-hydrogen) atoms. The van der Waals surface area contributed by atoms with Crippen LogP contribution in [0.1, 0.15) is 35.2 Å². The van der Waals surface area contributed by atoms with Crippen molar-refractivity contribution < 1.29 is 14.6 Å². The number of nitrogens with zero attached hydrogens (tertiary/aromatic N) is 1. The lowest BCUT2D eigenvalue weighted by Crippen LogP contribution is -2.44. The van der Waals surface area contributed by atoms with Gasteiger partial charge in [-0.25, -0.2) is 4.79 Å². The third-order valence-corrected chi connectivity index (χ3v) is 4.95. The Morgan fingerprint density at radius 2 is 2.17 bits per heavy atom. The number of phenols is 1. The van der Waals surface area contributed by atoms with Crippen LogP contribution in [0.4, 0.5) is 0 Å². The number of rotatable bonds is 3. The molecule has 0 aliphatic carbocycles. The maximum Gasteiger partial charge on any atom is 0.341 e. The van der Waals surface area contributed by atoms with Crippen LogP contribution in [0.3, 0.4) is 0 Å². The number of benzene rings is 1. The summed E-state index contributed by atoms with van der Waals surface area (Å²) in [6.07, 6.45) is 3.79. The molecular formula is C17H26Cl2N2O3. The number of hydrogen-bond donors (Lipinski definition) is 2. The summed E-state index contributed by atoms with van der Waals surface area (Å²) in [6, 6.07) is 5.21. The highest BCUT2D eigenvalue weighted by Crippen LogP contribution is 2.36. The third kappa shape index (κ3) is 4.54. The second-order valence-electron chi connectivity index (χ2n) is 6.58. The van der Waals surface area contributed by atoms with Crippen LogP contribution in [0.2, 0.25) is 0 Å². The Kier molecular flexibility index (Phi) is 7.80. The highest BCUT2D eigenvalue weighted by Gasteiger charge is 2.37. The number of aromatic hydroxyl groups is 1. The molecule has 1 aromatic carbocycles. The Hall–Kier alpha value is -1.01. The molecular weight excluding hydrogens is 351 g/mol. The number of likely N-dealkylation sites (tertiary alicyclic amines) is 1. The molecule has 1 aromatic rings. The maximum atomic E-state index is 11.7. The van der Waals surface area contributed by atoms with E-state index in [1.165, 1.54) is 26.4 Å². The summed E-state index contributed by atoms with van der Waals surface area (Å²) < 4.78 is 4.72. The van der Waals surface area contributed by atoms with Crippen molar-refractivity contribution in [2.24, 2.45) is 5.41 Å². The molecule has 0 bridgehead atoms. The van der Waals surface area contributed by atoms with Crippen LogP contribution < -0.4 is 5.32 Å². The first-order valence-electron chi connectivity index (χ1n) is 7.95. The number of hydrogen-bond acceptors (Lipinski definition) is 5. The summed E-state index contributed by atoms with van der Waals surface area (Å²) in [5.41, 5.74) is 1.72. The second-order valence-corrected chi connectivity index (χ2v) is 6.58. The Bertz CT molecular complexity index is 563. The molecule has 0 aromatic heterocycles. The number of nitrogens with one attached hydrogen (secondary N) is 1. The molecule has 0 radical (unpaired) electrons. The first kappa shape index (κ1) is 21.0. The predicted octanol–water partition coefficient (Wildman–Crippen LogP) is 2.60. The van der Waals surface area contributed by atoms with Gasteiger partial charge in [-0.2, -0.15) is 0 Å². The molecule has 3 rings (SSSR count). The summed E-state index contributed by atoms with van der Waals surface area (Å²) in [7, 11) is 1.33. The van der Waals surface area contributed by atoms with Gasteiger partial charge in [0.05, 0.1) is 7.11 Å². The summed E-state index contributed by atoms with van der Waals surface area (Å²) in [5.74, 6) is -0.514. The summed E-state index contributed by atoms with van der Waals surface area (Å²) in [5, 5.41) is 13.3. The Labute approximate surface area is 155 Å². The highest BCUT2D eigenvalue weighted by molar-refractivity contribution is 5.92. The van der Waals surface area contributed by atoms with E-state index in [0.29, 0.717) is 5.41 Å². The van der Waals surface area contributed by atoms with Gasteiger partial charge in [0, 0.05) is 19.6 Å². The standard InChI is InChI=1S/C17H24N2O3.2ClH/c1-22-16(21)14-9-13(3-4-15(14)20)10-19-8-2-5-17(12-19)6-7-18-11-17;;/h3-4,9,18,20H,2,5-8,10-12H2,1H3;2*1H. The Morgan fingerprint density at radius 3 is 2.83 bits per heavy atom. The van der Waals surface area contributed by atoms with Crippen molar-refractivity contribution in [2.45, 2.75) is 25.8 Å². The van der Waals surface area contributed by atoms with Crippen LogP contribution in [-0.4, -0.2) is 49.3 Å². The predicted molar refractivity (Wildman–Crippen MR) is 98.4 cm³/mol. The number of methoxy groups -OCH3 is 1. The molecule has 2 fully saturated rings. The van der Waals surface area contributed by atoms with Crippen LogP contribution >= 0.6 is 24.8 Å². The van der Waals surface area contributed by atoms with E-state index in [0.717, 1.165) is 38.3 Å². The van der Waals surface area contributed by atoms with Gasteiger partial charge in [0.1, 0.15) is 11.3 Å². The number of piperidine rings is 1. The quantitative estimate of drug-likeness (QED) is 0.793. The SMILES string of the molecule is COC(=O)c1cc(CN2CCCC3(CCNC3)C2)ccc1O.Cl.Cl. The van der Waals surface area contributed by atoms with Gasteiger partial charge in [-0.15, -0.1) is 24.8 Å². The van der Waals surface area contributed by atoms with Crippen molar-refractivity contribution in [1.82, 2.24) is 10.2 Å². The number of phenolic OH excluding ortho intramolecular Hbond substituents is 1. The van der Waals surface area contributed by atoms with Crippen LogP contribution in [0.25, 0.3) is 0 Å². The maximum absolute atomic E-state index is 11.7. The fourth-order valence-electron chi connectivity index (χ4n) is 3.80. The van der Waals surface area contributed by atoms with Crippen LogP contribution in [-0.2, 0) is 11.3 Å². The van der Waals surface area contributed by atoms with Crippen molar-refractivity contribution in [3.05, 3.63) is 29.3 Å². The van der Waals surface area contributed by atoms with E-state index in [-0.39, 0.29) is 36.1 Å². The molecule has 2 N–H and O–H groups in total. The van der Waals surface area contributed by atoms with Gasteiger partial charge < -0.3 is 15.2 Å². The van der Waals surface area contributed by atoms with E-state index in [4.69, 9.17) is 4.74 Å². The van der Waals surface area contributed by atoms with Crippen molar-refractivity contribution in [2.75, 3.05) is 33.3 Å². The number of halogens is 2. The topological polar surface area (TPSA) is 61.8 Å². The van der Waals surface area contributed by atoms with E-state index in [2.05, 4.69) is 10.2 Å². The first-order valence-corrected chi connectivity index (χ1v) is 7.95. The lowest BCUT2D eigenvalue weighted by atomic mass is 9.79. The summed E-state index contributed by atoms with van der Waals surface area (Å²) in [6.45, 7) is 5.25. The molecule has 2 heterocycles. The molecule has 5 nitrogen and oxygen atoms in total. The molecule has 2 saturated heterocycles. The van der Waals surface area contributed by atoms with Gasteiger partial charge in [-0.3, -0.25) is 4.90 Å². The van der Waals surface area contributed by atoms with Crippen LogP contribution in [0, 0.1) is 5.41 Å². The van der Waals surface area contributed by atoms with Gasteiger partial charge in [0.2, 0.25) is 0 Å². The average Bonchev–Trinajstić information content (AvgIpc) is 2.96. The lowest BCUT2D eigenvalue weighted by Gasteiger charge is -2.40. The van der Waals surface area contributed by atoms with Crippen LogP contribution in [0.15, 0.2) is 18.2 Å². The summed E-state index contributed by atoms with van der Waals surface area (Å²) >= 11 is 0. The normalized spacial score (nSPS) is 23.4. The molecule has 1 atom stereocenters. The molecule has 7 heteroatoms. The van der Waals surface area contributed by atoms with Gasteiger partial charge in [0.25, 0.3) is 0 Å². The Morgan fingerprint density at radius 1 is 1.38 bits per heavy atom. The van der Waals surface area contributed by atoms with Crippen LogP contribution in [0.5, 0.6) is 5.75 Å². The van der Waals surface area contributed by atoms with Gasteiger partial charge >= 0.3 is 5.97 Å². The van der Waals surface area contributed by atoms with Gasteiger partial charge in [-0.05, 0) is 55.5 Å². The number of ether oxygens (including phenoxy) is 1. The minimum absolute atomic E-state index is 0. The second kappa shape index (κ2) is 8.90. The smallest absolute Gasteiger partial charge is 0.341 e. The number of carbonyl (C=O) groups excluding carboxylic acids is 1. The van der Waals surface area contributed by atoms with E-state index in [1.54, 1.807) is 12.1 Å².